The zero-order valence-electron chi connectivity index (χ0n) is 6.71. The second kappa shape index (κ2) is 7.00. The molecular formula is C6H10IN3O2. The fraction of sp³-hybridized carbons (Fsp3) is 0.500. The number of nitriles is 1. The summed E-state index contributed by atoms with van der Waals surface area (Å²) in [5.41, 5.74) is 0. The van der Waals surface area contributed by atoms with Gasteiger partial charge in [0.2, 0.25) is 11.8 Å². The van der Waals surface area contributed by atoms with Crippen LogP contribution in [0.2, 0.25) is 0 Å². The largest absolute Gasteiger partial charge is 0.344 e. The standard InChI is InChI=1S/C4H4INO2.C2H3N.H3N/c5-6-3(7)1-2-4(6)8;1-2-3;/h1-2H2;1H3;1H3. The number of carbonyl (C=O) groups is 2. The molecule has 3 N–H and O–H groups in total. The van der Waals surface area contributed by atoms with Gasteiger partial charge in [-0.25, -0.2) is 3.11 Å². The van der Waals surface area contributed by atoms with Gasteiger partial charge in [0.1, 0.15) is 0 Å². The van der Waals surface area contributed by atoms with Crippen LogP contribution in [-0.4, -0.2) is 14.9 Å². The molecule has 0 atom stereocenters. The van der Waals surface area contributed by atoms with Gasteiger partial charge in [0.05, 0.1) is 28.9 Å². The van der Waals surface area contributed by atoms with Crippen molar-refractivity contribution in [2.45, 2.75) is 19.8 Å². The van der Waals surface area contributed by atoms with E-state index in [1.54, 1.807) is 28.9 Å². The van der Waals surface area contributed by atoms with E-state index in [0.717, 1.165) is 3.11 Å². The highest BCUT2D eigenvalue weighted by atomic mass is 127. The van der Waals surface area contributed by atoms with E-state index in [4.69, 9.17) is 5.26 Å². The first-order valence-electron chi connectivity index (χ1n) is 2.96. The molecule has 0 radical (unpaired) electrons. The molecule has 5 nitrogen and oxygen atoms in total. The number of nitrogens with zero attached hydrogens (tertiary/aromatic N) is 2. The summed E-state index contributed by atoms with van der Waals surface area (Å²) < 4.78 is 1.14. The summed E-state index contributed by atoms with van der Waals surface area (Å²) in [5.74, 6) is -0.147. The maximum absolute atomic E-state index is 10.5. The van der Waals surface area contributed by atoms with Crippen molar-refractivity contribution in [2.24, 2.45) is 0 Å². The predicted octanol–water partition coefficient (Wildman–Crippen LogP) is 1.18. The van der Waals surface area contributed by atoms with Gasteiger partial charge in [-0.15, -0.1) is 0 Å². The Bertz CT molecular complexity index is 195. The highest BCUT2D eigenvalue weighted by Crippen LogP contribution is 2.15. The molecule has 0 unspecified atom stereocenters. The molecule has 0 bridgehead atoms. The Morgan fingerprint density at radius 1 is 1.42 bits per heavy atom. The van der Waals surface area contributed by atoms with Crippen molar-refractivity contribution in [3.63, 3.8) is 0 Å². The number of rotatable bonds is 0. The van der Waals surface area contributed by atoms with E-state index in [0.29, 0.717) is 12.8 Å². The SMILES string of the molecule is CC#N.N.O=C1CCC(=O)N1I. The highest BCUT2D eigenvalue weighted by Gasteiger charge is 2.26. The molecule has 0 saturated carbocycles. The van der Waals surface area contributed by atoms with Crippen LogP contribution in [-0.2, 0) is 9.59 Å². The van der Waals surface area contributed by atoms with Gasteiger partial charge >= 0.3 is 0 Å². The summed E-state index contributed by atoms with van der Waals surface area (Å²) in [6.45, 7) is 1.43. The lowest BCUT2D eigenvalue weighted by molar-refractivity contribution is -0.130. The third-order valence-electron chi connectivity index (χ3n) is 0.991. The van der Waals surface area contributed by atoms with Gasteiger partial charge in [-0.05, 0) is 0 Å². The van der Waals surface area contributed by atoms with Crippen LogP contribution in [0.25, 0.3) is 0 Å². The van der Waals surface area contributed by atoms with Gasteiger partial charge in [-0.3, -0.25) is 9.59 Å². The second-order valence-electron chi connectivity index (χ2n) is 1.79. The van der Waals surface area contributed by atoms with Crippen molar-refractivity contribution in [2.75, 3.05) is 0 Å². The lowest BCUT2D eigenvalue weighted by Gasteiger charge is -1.97. The van der Waals surface area contributed by atoms with Gasteiger partial charge in [0.25, 0.3) is 0 Å². The first kappa shape index (κ1) is 13.9. The molecule has 2 amide bonds. The number of carbonyl (C=O) groups excluding carboxylic acids is 2. The van der Waals surface area contributed by atoms with E-state index in [9.17, 15) is 9.59 Å². The second-order valence-corrected chi connectivity index (χ2v) is 2.76. The van der Waals surface area contributed by atoms with Gasteiger partial charge < -0.3 is 6.15 Å². The summed E-state index contributed by atoms with van der Waals surface area (Å²) >= 11 is 1.72. The highest BCUT2D eigenvalue weighted by molar-refractivity contribution is 14.1. The molecule has 0 aromatic rings. The Kier molecular flexibility index (Phi) is 8.09. The quantitative estimate of drug-likeness (QED) is 0.410. The van der Waals surface area contributed by atoms with Gasteiger partial charge in [0.15, 0.2) is 0 Å². The van der Waals surface area contributed by atoms with E-state index in [1.165, 1.54) is 6.92 Å². The van der Waals surface area contributed by atoms with Crippen LogP contribution in [0.1, 0.15) is 19.8 Å². The molecule has 6 heteroatoms. The van der Waals surface area contributed by atoms with Crippen molar-refractivity contribution in [1.29, 1.82) is 5.26 Å². The molecular weight excluding hydrogens is 273 g/mol. The minimum Gasteiger partial charge on any atom is -0.344 e. The van der Waals surface area contributed by atoms with Crippen molar-refractivity contribution in [1.82, 2.24) is 9.26 Å². The Balaban J connectivity index is 0. The summed E-state index contributed by atoms with van der Waals surface area (Å²) in [6.07, 6.45) is 0.781. The number of imide groups is 1. The van der Waals surface area contributed by atoms with Crippen LogP contribution >= 0.6 is 22.9 Å². The van der Waals surface area contributed by atoms with Crippen LogP contribution in [0.3, 0.4) is 0 Å². The lowest BCUT2D eigenvalue weighted by atomic mass is 10.4. The third kappa shape index (κ3) is 4.25. The minimum atomic E-state index is -0.0735. The molecule has 0 aliphatic carbocycles. The molecule has 12 heavy (non-hydrogen) atoms. The maximum Gasteiger partial charge on any atom is 0.238 e. The topological polar surface area (TPSA) is 96.2 Å². The first-order valence-corrected chi connectivity index (χ1v) is 3.92. The number of hydrogen-bond acceptors (Lipinski definition) is 4. The molecule has 0 spiro atoms. The average Bonchev–Trinajstić information content (AvgIpc) is 2.22. The number of halogens is 1. The number of hydrogen-bond donors (Lipinski definition) is 1. The molecule has 1 saturated heterocycles. The lowest BCUT2D eigenvalue weighted by Crippen LogP contribution is -2.16. The van der Waals surface area contributed by atoms with Crippen molar-refractivity contribution in [3.8, 4) is 6.07 Å². The van der Waals surface area contributed by atoms with E-state index in [2.05, 4.69) is 0 Å². The average molecular weight is 283 g/mol. The van der Waals surface area contributed by atoms with Gasteiger partial charge in [-0.2, -0.15) is 5.26 Å². The molecule has 1 aliphatic rings. The minimum absolute atomic E-state index is 0. The molecule has 0 aromatic heterocycles. The molecule has 1 aliphatic heterocycles. The Morgan fingerprint density at radius 2 is 1.67 bits per heavy atom. The Morgan fingerprint density at radius 3 is 1.75 bits per heavy atom. The summed E-state index contributed by atoms with van der Waals surface area (Å²) in [7, 11) is 0. The van der Waals surface area contributed by atoms with Crippen molar-refractivity contribution < 1.29 is 9.59 Å². The maximum atomic E-state index is 10.5. The van der Waals surface area contributed by atoms with Crippen molar-refractivity contribution >= 4 is 34.7 Å². The molecule has 1 fully saturated rings. The monoisotopic (exact) mass is 283 g/mol. The predicted molar refractivity (Wildman–Crippen MR) is 51.4 cm³/mol. The van der Waals surface area contributed by atoms with E-state index in [-0.39, 0.29) is 18.0 Å². The van der Waals surface area contributed by atoms with Crippen LogP contribution < -0.4 is 6.15 Å². The van der Waals surface area contributed by atoms with Gasteiger partial charge in [-0.1, -0.05) is 0 Å². The fourth-order valence-electron chi connectivity index (χ4n) is 0.549. The zero-order chi connectivity index (χ0) is 8.85. The summed E-state index contributed by atoms with van der Waals surface area (Å²) in [6, 6.07) is 1.75. The molecule has 68 valence electrons. The molecule has 1 heterocycles. The van der Waals surface area contributed by atoms with Crippen LogP contribution in [0.5, 0.6) is 0 Å². The smallest absolute Gasteiger partial charge is 0.238 e. The third-order valence-corrected chi connectivity index (χ3v) is 2.07. The van der Waals surface area contributed by atoms with E-state index < -0.39 is 0 Å². The van der Waals surface area contributed by atoms with Gasteiger partial charge in [0, 0.05) is 19.8 Å². The molecule has 0 aromatic carbocycles. The van der Waals surface area contributed by atoms with Crippen LogP contribution in [0.4, 0.5) is 0 Å². The summed E-state index contributed by atoms with van der Waals surface area (Å²) in [5, 5.41) is 7.32. The molecule has 1 rings (SSSR count). The fourth-order valence-corrected chi connectivity index (χ4v) is 1.03. The summed E-state index contributed by atoms with van der Waals surface area (Å²) in [4.78, 5) is 21.0. The van der Waals surface area contributed by atoms with Crippen LogP contribution in [0, 0.1) is 11.3 Å². The van der Waals surface area contributed by atoms with Crippen LogP contribution in [0.15, 0.2) is 0 Å². The Hall–Kier alpha value is -0.680. The number of amides is 2. The Labute approximate surface area is 84.8 Å². The normalized spacial score (nSPS) is 14.2. The first-order chi connectivity index (χ1) is 5.13. The van der Waals surface area contributed by atoms with E-state index >= 15 is 0 Å². The van der Waals surface area contributed by atoms with E-state index in [1.807, 2.05) is 0 Å². The zero-order valence-corrected chi connectivity index (χ0v) is 8.87. The van der Waals surface area contributed by atoms with Crippen molar-refractivity contribution in [3.05, 3.63) is 0 Å².